The fourth-order valence-corrected chi connectivity index (χ4v) is 4.99. The second-order valence-electron chi connectivity index (χ2n) is 7.75. The minimum absolute atomic E-state index is 0.0841. The Kier molecular flexibility index (Phi) is 8.17. The number of anilines is 1. The molecule has 0 radical (unpaired) electrons. The number of nitrogens with one attached hydrogen (secondary N) is 1. The number of carbonyl (C=O) groups excluding carboxylic acids is 1. The van der Waals surface area contributed by atoms with Crippen molar-refractivity contribution < 1.29 is 22.7 Å². The topological polar surface area (TPSA) is 84.9 Å². The van der Waals surface area contributed by atoms with Gasteiger partial charge in [-0.2, -0.15) is 0 Å². The van der Waals surface area contributed by atoms with E-state index in [1.54, 1.807) is 36.4 Å². The maximum Gasteiger partial charge on any atom is 0.264 e. The minimum atomic E-state index is -4.03. The number of benzene rings is 3. The molecule has 0 saturated heterocycles. The van der Waals surface area contributed by atoms with Gasteiger partial charge >= 0.3 is 0 Å². The van der Waals surface area contributed by atoms with Crippen molar-refractivity contribution in [1.29, 1.82) is 0 Å². The first kappa shape index (κ1) is 25.1. The van der Waals surface area contributed by atoms with Crippen molar-refractivity contribution in [3.63, 3.8) is 0 Å². The van der Waals surface area contributed by atoms with E-state index in [0.717, 1.165) is 16.3 Å². The lowest BCUT2D eigenvalue weighted by Crippen LogP contribution is -2.41. The van der Waals surface area contributed by atoms with Crippen LogP contribution in [0.1, 0.15) is 31.0 Å². The molecule has 0 aromatic heterocycles. The van der Waals surface area contributed by atoms with Crippen molar-refractivity contribution in [2.45, 2.75) is 31.2 Å². The number of ether oxygens (including phenoxy) is 2. The van der Waals surface area contributed by atoms with Gasteiger partial charge in [-0.05, 0) is 48.7 Å². The molecular weight excluding hydrogens is 452 g/mol. The Morgan fingerprint density at radius 2 is 1.59 bits per heavy atom. The quantitative estimate of drug-likeness (QED) is 0.465. The van der Waals surface area contributed by atoms with Crippen molar-refractivity contribution in [1.82, 2.24) is 5.32 Å². The van der Waals surface area contributed by atoms with E-state index in [4.69, 9.17) is 9.47 Å². The number of carbonyl (C=O) groups is 1. The molecule has 180 valence electrons. The van der Waals surface area contributed by atoms with Crippen LogP contribution in [0.5, 0.6) is 11.5 Å². The van der Waals surface area contributed by atoms with Crippen LogP contribution in [0.3, 0.4) is 0 Å². The first-order chi connectivity index (χ1) is 16.3. The molecular formula is C26H30N2O5S. The van der Waals surface area contributed by atoms with E-state index in [0.29, 0.717) is 11.5 Å². The second kappa shape index (κ2) is 11.1. The van der Waals surface area contributed by atoms with Crippen molar-refractivity contribution in [2.75, 3.05) is 25.1 Å². The lowest BCUT2D eigenvalue weighted by atomic mass is 10.1. The van der Waals surface area contributed by atoms with Gasteiger partial charge < -0.3 is 14.8 Å². The summed E-state index contributed by atoms with van der Waals surface area (Å²) in [6.45, 7) is 3.55. The van der Waals surface area contributed by atoms with Gasteiger partial charge in [0, 0.05) is 6.07 Å². The average molecular weight is 483 g/mol. The lowest BCUT2D eigenvalue weighted by molar-refractivity contribution is -0.120. The maximum atomic E-state index is 13.5. The number of hydrogen-bond donors (Lipinski definition) is 1. The molecule has 34 heavy (non-hydrogen) atoms. The van der Waals surface area contributed by atoms with Crippen LogP contribution in [0.2, 0.25) is 0 Å². The summed E-state index contributed by atoms with van der Waals surface area (Å²) >= 11 is 0. The van der Waals surface area contributed by atoms with Gasteiger partial charge in [0.15, 0.2) is 11.5 Å². The fourth-order valence-electron chi connectivity index (χ4n) is 3.56. The highest BCUT2D eigenvalue weighted by atomic mass is 32.2. The summed E-state index contributed by atoms with van der Waals surface area (Å²) < 4.78 is 38.7. The highest BCUT2D eigenvalue weighted by molar-refractivity contribution is 7.92. The largest absolute Gasteiger partial charge is 0.493 e. The molecule has 0 spiro atoms. The molecule has 0 saturated carbocycles. The Morgan fingerprint density at radius 1 is 0.941 bits per heavy atom. The predicted octanol–water partition coefficient (Wildman–Crippen LogP) is 4.34. The van der Waals surface area contributed by atoms with Crippen LogP contribution >= 0.6 is 0 Å². The monoisotopic (exact) mass is 482 g/mol. The number of sulfonamides is 1. The number of rotatable bonds is 10. The van der Waals surface area contributed by atoms with Crippen LogP contribution in [-0.2, 0) is 21.2 Å². The van der Waals surface area contributed by atoms with E-state index in [1.165, 1.54) is 31.9 Å². The van der Waals surface area contributed by atoms with Gasteiger partial charge in [0.1, 0.15) is 6.54 Å². The summed E-state index contributed by atoms with van der Waals surface area (Å²) in [6.07, 6.45) is 0.929. The molecule has 0 aliphatic heterocycles. The SMILES string of the molecule is CCc1ccc(C(C)NC(=O)CN(c2ccc(OC)c(OC)c2)S(=O)(=O)c2ccccc2)cc1. The van der Waals surface area contributed by atoms with Gasteiger partial charge in [-0.25, -0.2) is 8.42 Å². The van der Waals surface area contributed by atoms with Gasteiger partial charge in [0.25, 0.3) is 10.0 Å². The van der Waals surface area contributed by atoms with Crippen LogP contribution in [0.4, 0.5) is 5.69 Å². The molecule has 1 atom stereocenters. The Labute approximate surface area is 201 Å². The summed E-state index contributed by atoms with van der Waals surface area (Å²) in [7, 11) is -1.06. The van der Waals surface area contributed by atoms with Gasteiger partial charge in [-0.1, -0.05) is 49.4 Å². The molecule has 8 heteroatoms. The summed E-state index contributed by atoms with van der Waals surface area (Å²) in [5, 5.41) is 2.91. The van der Waals surface area contributed by atoms with Gasteiger partial charge in [-0.3, -0.25) is 9.10 Å². The zero-order valence-corrected chi connectivity index (χ0v) is 20.6. The molecule has 1 N–H and O–H groups in total. The average Bonchev–Trinajstić information content (AvgIpc) is 2.87. The number of aryl methyl sites for hydroxylation is 1. The molecule has 0 fully saturated rings. The molecule has 7 nitrogen and oxygen atoms in total. The Morgan fingerprint density at radius 3 is 2.18 bits per heavy atom. The highest BCUT2D eigenvalue weighted by Gasteiger charge is 2.28. The zero-order valence-electron chi connectivity index (χ0n) is 19.8. The molecule has 3 aromatic carbocycles. The molecule has 0 aliphatic rings. The van der Waals surface area contributed by atoms with Crippen LogP contribution < -0.4 is 19.1 Å². The van der Waals surface area contributed by atoms with E-state index in [2.05, 4.69) is 12.2 Å². The summed E-state index contributed by atoms with van der Waals surface area (Å²) in [4.78, 5) is 13.1. The number of hydrogen-bond acceptors (Lipinski definition) is 5. The lowest BCUT2D eigenvalue weighted by Gasteiger charge is -2.26. The third kappa shape index (κ3) is 5.69. The normalized spacial score (nSPS) is 12.0. The van der Waals surface area contributed by atoms with Crippen LogP contribution in [0, 0.1) is 0 Å². The second-order valence-corrected chi connectivity index (χ2v) is 9.61. The van der Waals surface area contributed by atoms with E-state index in [1.807, 2.05) is 31.2 Å². The molecule has 0 heterocycles. The van der Waals surface area contributed by atoms with Crippen LogP contribution in [0.15, 0.2) is 77.7 Å². The van der Waals surface area contributed by atoms with Crippen LogP contribution in [-0.4, -0.2) is 35.1 Å². The smallest absolute Gasteiger partial charge is 0.264 e. The highest BCUT2D eigenvalue weighted by Crippen LogP contribution is 2.33. The third-order valence-electron chi connectivity index (χ3n) is 5.54. The van der Waals surface area contributed by atoms with Crippen LogP contribution in [0.25, 0.3) is 0 Å². The fraction of sp³-hybridized carbons (Fsp3) is 0.269. The molecule has 1 unspecified atom stereocenters. The predicted molar refractivity (Wildman–Crippen MR) is 133 cm³/mol. The molecule has 0 aliphatic carbocycles. The minimum Gasteiger partial charge on any atom is -0.493 e. The molecule has 3 rings (SSSR count). The number of methoxy groups -OCH3 is 2. The summed E-state index contributed by atoms with van der Waals surface area (Å²) in [5.74, 6) is 0.385. The zero-order chi connectivity index (χ0) is 24.7. The molecule has 1 amide bonds. The van der Waals surface area contributed by atoms with Crippen molar-refractivity contribution >= 4 is 21.6 Å². The summed E-state index contributed by atoms with van der Waals surface area (Å²) in [5.41, 5.74) is 2.43. The Balaban J connectivity index is 1.91. The van der Waals surface area contributed by atoms with E-state index in [-0.39, 0.29) is 16.6 Å². The van der Waals surface area contributed by atoms with Gasteiger partial charge in [-0.15, -0.1) is 0 Å². The van der Waals surface area contributed by atoms with E-state index < -0.39 is 22.5 Å². The maximum absolute atomic E-state index is 13.5. The Bertz CT molecular complexity index is 1210. The first-order valence-corrected chi connectivity index (χ1v) is 12.4. The van der Waals surface area contributed by atoms with Crippen molar-refractivity contribution in [2.24, 2.45) is 0 Å². The van der Waals surface area contributed by atoms with Crippen molar-refractivity contribution in [3.05, 3.63) is 83.9 Å². The van der Waals surface area contributed by atoms with Gasteiger partial charge in [0.2, 0.25) is 5.91 Å². The van der Waals surface area contributed by atoms with Crippen molar-refractivity contribution in [3.8, 4) is 11.5 Å². The molecule has 3 aromatic rings. The van der Waals surface area contributed by atoms with Gasteiger partial charge in [0.05, 0.1) is 30.8 Å². The Hall–Kier alpha value is -3.52. The molecule has 0 bridgehead atoms. The van der Waals surface area contributed by atoms with E-state index >= 15 is 0 Å². The van der Waals surface area contributed by atoms with E-state index in [9.17, 15) is 13.2 Å². The standard InChI is InChI=1S/C26H30N2O5S/c1-5-20-11-13-21(14-12-20)19(2)27-26(29)18-28(34(30,31)23-9-7-6-8-10-23)22-15-16-24(32-3)25(17-22)33-4/h6-17,19H,5,18H2,1-4H3,(H,27,29). The third-order valence-corrected chi connectivity index (χ3v) is 7.33. The number of nitrogens with zero attached hydrogens (tertiary/aromatic N) is 1. The first-order valence-electron chi connectivity index (χ1n) is 11.0. The number of amides is 1. The summed E-state index contributed by atoms with van der Waals surface area (Å²) in [6, 6.07) is 20.4.